The van der Waals surface area contributed by atoms with Gasteiger partial charge in [0.1, 0.15) is 19.6 Å². The van der Waals surface area contributed by atoms with E-state index in [2.05, 4.69) is 25.4 Å². The summed E-state index contributed by atoms with van der Waals surface area (Å²) in [6.45, 7) is 3.59. The van der Waals surface area contributed by atoms with Crippen LogP contribution < -0.4 is 10.6 Å². The molecule has 25 heavy (non-hydrogen) atoms. The number of ether oxygens (including phenoxy) is 2. The molecule has 0 radical (unpaired) electrons. The molecule has 0 saturated carbocycles. The van der Waals surface area contributed by atoms with Gasteiger partial charge in [0.2, 0.25) is 6.23 Å². The fourth-order valence-electron chi connectivity index (χ4n) is 3.67. The highest BCUT2D eigenvalue weighted by atomic mass is 16.6. The van der Waals surface area contributed by atoms with E-state index in [1.54, 1.807) is 6.20 Å². The Bertz CT molecular complexity index is 582. The average molecular weight is 352 g/mol. The second kappa shape index (κ2) is 7.16. The maximum Gasteiger partial charge on any atom is 0.206 e. The van der Waals surface area contributed by atoms with Gasteiger partial charge in [-0.15, -0.1) is 0 Å². The van der Waals surface area contributed by atoms with Crippen molar-refractivity contribution in [3.05, 3.63) is 12.0 Å². The normalized spacial score (nSPS) is 34.0. The molecule has 10 heteroatoms. The number of hydrogen-bond donors (Lipinski definition) is 4. The van der Waals surface area contributed by atoms with Crippen LogP contribution in [0.3, 0.4) is 0 Å². The minimum Gasteiger partial charge on any atom is -0.489 e. The van der Waals surface area contributed by atoms with Crippen LogP contribution in [0.2, 0.25) is 0 Å². The molecule has 4 atom stereocenters. The minimum absolute atomic E-state index is 0.115. The Kier molecular flexibility index (Phi) is 4.75. The molecule has 0 aromatic carbocycles. The molecule has 0 aromatic heterocycles. The van der Waals surface area contributed by atoms with Crippen molar-refractivity contribution in [1.29, 1.82) is 0 Å². The van der Waals surface area contributed by atoms with E-state index in [-0.39, 0.29) is 19.1 Å². The third-order valence-corrected chi connectivity index (χ3v) is 4.87. The zero-order valence-electron chi connectivity index (χ0n) is 13.9. The van der Waals surface area contributed by atoms with E-state index in [0.29, 0.717) is 24.8 Å². The number of hydrogen-bond acceptors (Lipinski definition) is 10. The van der Waals surface area contributed by atoms with Crippen molar-refractivity contribution in [1.82, 2.24) is 20.4 Å². The van der Waals surface area contributed by atoms with Crippen LogP contribution in [-0.2, 0) is 9.47 Å². The predicted molar refractivity (Wildman–Crippen MR) is 89.5 cm³/mol. The van der Waals surface area contributed by atoms with Crippen LogP contribution in [0.15, 0.2) is 21.9 Å². The van der Waals surface area contributed by atoms with E-state index >= 15 is 0 Å². The number of nitrogens with one attached hydrogen (secondary N) is 2. The maximum atomic E-state index is 9.79. The summed E-state index contributed by atoms with van der Waals surface area (Å²) in [5.41, 5.74) is 0. The highest BCUT2D eigenvalue weighted by molar-refractivity contribution is 5.84. The van der Waals surface area contributed by atoms with Gasteiger partial charge in [0, 0.05) is 38.8 Å². The van der Waals surface area contributed by atoms with Gasteiger partial charge in [-0.2, -0.15) is 0 Å². The molecular weight excluding hydrogens is 328 g/mol. The number of nitrogens with zero attached hydrogens (tertiary/aromatic N) is 4. The first kappa shape index (κ1) is 16.6. The Balaban J connectivity index is 1.47. The van der Waals surface area contributed by atoms with Crippen LogP contribution in [0.4, 0.5) is 0 Å². The van der Waals surface area contributed by atoms with Crippen LogP contribution in [0.1, 0.15) is 6.42 Å². The Labute approximate surface area is 145 Å². The van der Waals surface area contributed by atoms with E-state index < -0.39 is 6.23 Å². The van der Waals surface area contributed by atoms with Gasteiger partial charge in [-0.1, -0.05) is 0 Å². The second-order valence-electron chi connectivity index (χ2n) is 6.45. The summed E-state index contributed by atoms with van der Waals surface area (Å²) >= 11 is 0. The highest BCUT2D eigenvalue weighted by Gasteiger charge is 2.44. The molecule has 4 aliphatic rings. The van der Waals surface area contributed by atoms with Crippen molar-refractivity contribution in [2.45, 2.75) is 31.0 Å². The Morgan fingerprint density at radius 1 is 1.36 bits per heavy atom. The quantitative estimate of drug-likeness (QED) is 0.413. The fraction of sp³-hybridized carbons (Fsp3) is 0.733. The number of aliphatic hydroxyl groups is 2. The molecule has 10 nitrogen and oxygen atoms in total. The number of guanidine groups is 1. The Hall–Kier alpha value is -1.88. The van der Waals surface area contributed by atoms with Gasteiger partial charge in [-0.3, -0.25) is 0 Å². The summed E-state index contributed by atoms with van der Waals surface area (Å²) in [5.74, 6) is 1.29. The van der Waals surface area contributed by atoms with Crippen molar-refractivity contribution >= 4 is 12.3 Å². The lowest BCUT2D eigenvalue weighted by molar-refractivity contribution is -0.107. The zero-order chi connectivity index (χ0) is 17.2. The van der Waals surface area contributed by atoms with Crippen molar-refractivity contribution in [3.63, 3.8) is 0 Å². The van der Waals surface area contributed by atoms with E-state index in [4.69, 9.17) is 14.5 Å². The standard InChI is InChI=1S/C15H24N6O4/c22-9-25-13-3-10(7-24-12-5-17-8-18-14(12)23)19-15-20-2-1-16-4-11(20)6-21(13)15/h5,8,10-11,13-14,16,22-23H,1-4,6-7,9H2,(H,17,18)/t10?,11-,13?,14+/m1/s1. The fourth-order valence-corrected chi connectivity index (χ4v) is 3.67. The van der Waals surface area contributed by atoms with Gasteiger partial charge in [0.15, 0.2) is 11.7 Å². The van der Waals surface area contributed by atoms with E-state index in [9.17, 15) is 10.2 Å². The molecule has 2 unspecified atom stereocenters. The van der Waals surface area contributed by atoms with E-state index in [1.165, 1.54) is 6.34 Å². The molecule has 2 fully saturated rings. The van der Waals surface area contributed by atoms with Gasteiger partial charge in [0.25, 0.3) is 0 Å². The molecule has 0 bridgehead atoms. The Morgan fingerprint density at radius 2 is 2.28 bits per heavy atom. The lowest BCUT2D eigenvalue weighted by Crippen LogP contribution is -2.52. The molecule has 0 amide bonds. The smallest absolute Gasteiger partial charge is 0.206 e. The van der Waals surface area contributed by atoms with Crippen molar-refractivity contribution < 1.29 is 19.7 Å². The number of fused-ring (bicyclic) bond motifs is 3. The van der Waals surface area contributed by atoms with Crippen LogP contribution in [0, 0.1) is 0 Å². The first-order chi connectivity index (χ1) is 12.3. The molecule has 0 aromatic rings. The molecule has 0 aliphatic carbocycles. The molecule has 4 N–H and O–H groups in total. The molecule has 0 spiro atoms. The number of rotatable bonds is 5. The van der Waals surface area contributed by atoms with Gasteiger partial charge >= 0.3 is 0 Å². The third-order valence-electron chi connectivity index (χ3n) is 4.87. The lowest BCUT2D eigenvalue weighted by Gasteiger charge is -2.37. The summed E-state index contributed by atoms with van der Waals surface area (Å²) < 4.78 is 11.3. The van der Waals surface area contributed by atoms with E-state index in [1.807, 2.05) is 0 Å². The van der Waals surface area contributed by atoms with Crippen LogP contribution >= 0.6 is 0 Å². The lowest BCUT2D eigenvalue weighted by atomic mass is 10.1. The largest absolute Gasteiger partial charge is 0.489 e. The zero-order valence-corrected chi connectivity index (χ0v) is 13.9. The summed E-state index contributed by atoms with van der Waals surface area (Å²) in [5, 5.41) is 25.2. The highest BCUT2D eigenvalue weighted by Crippen LogP contribution is 2.28. The summed E-state index contributed by atoms with van der Waals surface area (Å²) in [6.07, 6.45) is 2.42. The van der Waals surface area contributed by atoms with Crippen LogP contribution in [-0.4, -0.2) is 96.4 Å². The van der Waals surface area contributed by atoms with Gasteiger partial charge in [-0.05, 0) is 0 Å². The summed E-state index contributed by atoms with van der Waals surface area (Å²) in [4.78, 5) is 13.1. The average Bonchev–Trinajstić information content (AvgIpc) is 3.00. The molecule has 2 saturated heterocycles. The topological polar surface area (TPSA) is 114 Å². The first-order valence-electron chi connectivity index (χ1n) is 8.59. The van der Waals surface area contributed by atoms with Gasteiger partial charge in [-0.25, -0.2) is 9.98 Å². The van der Waals surface area contributed by atoms with Gasteiger partial charge in [0.05, 0.1) is 18.4 Å². The van der Waals surface area contributed by atoms with Crippen molar-refractivity contribution in [3.8, 4) is 0 Å². The SMILES string of the molecule is OCOC1CC(COC2=CNC=N[C@H]2O)N=C2N1C[C@H]1CNCCN21. The monoisotopic (exact) mass is 352 g/mol. The molecule has 138 valence electrons. The minimum atomic E-state index is -0.984. The van der Waals surface area contributed by atoms with E-state index in [0.717, 1.165) is 32.1 Å². The number of aliphatic hydroxyl groups excluding tert-OH is 2. The first-order valence-corrected chi connectivity index (χ1v) is 8.59. The third kappa shape index (κ3) is 3.30. The van der Waals surface area contributed by atoms with Crippen molar-refractivity contribution in [2.75, 3.05) is 39.6 Å². The van der Waals surface area contributed by atoms with Gasteiger partial charge < -0.3 is 40.1 Å². The number of aliphatic imine (C=N–C) groups is 2. The molecule has 4 heterocycles. The maximum absolute atomic E-state index is 9.79. The Morgan fingerprint density at radius 3 is 3.12 bits per heavy atom. The van der Waals surface area contributed by atoms with Crippen LogP contribution in [0.25, 0.3) is 0 Å². The molecule has 4 aliphatic heterocycles. The summed E-state index contributed by atoms with van der Waals surface area (Å²) in [6, 6.07) is 0.258. The molecular formula is C15H24N6O4. The number of piperazine rings is 1. The van der Waals surface area contributed by atoms with Crippen LogP contribution in [0.5, 0.6) is 0 Å². The van der Waals surface area contributed by atoms with Crippen molar-refractivity contribution in [2.24, 2.45) is 9.98 Å². The predicted octanol–water partition coefficient (Wildman–Crippen LogP) is -2.20. The molecule has 4 rings (SSSR count). The second-order valence-corrected chi connectivity index (χ2v) is 6.45. The summed E-state index contributed by atoms with van der Waals surface area (Å²) in [7, 11) is 0.